The minimum atomic E-state index is -0.614. The Kier molecular flexibility index (Phi) is 5.96. The molecule has 0 saturated heterocycles. The van der Waals surface area contributed by atoms with Gasteiger partial charge in [0.15, 0.2) is 0 Å². The molecule has 2 unspecified atom stereocenters. The van der Waals surface area contributed by atoms with Crippen molar-refractivity contribution in [2.45, 2.75) is 46.3 Å². The topological polar surface area (TPSA) is 29.5 Å². The predicted molar refractivity (Wildman–Crippen MR) is 78.7 cm³/mol. The van der Waals surface area contributed by atoms with Gasteiger partial charge >= 0.3 is 0 Å². The van der Waals surface area contributed by atoms with Crippen molar-refractivity contribution in [3.8, 4) is 0 Å². The smallest absolute Gasteiger partial charge is 0.137 e. The fourth-order valence-corrected chi connectivity index (χ4v) is 2.56. The molecule has 0 aliphatic heterocycles. The largest absolute Gasteiger partial charge is 0.390 e. The maximum Gasteiger partial charge on any atom is 0.137 e. The quantitative estimate of drug-likeness (QED) is 0.884. The van der Waals surface area contributed by atoms with Gasteiger partial charge in [0.2, 0.25) is 0 Å². The molecule has 0 fully saturated rings. The summed E-state index contributed by atoms with van der Waals surface area (Å²) in [6.07, 6.45) is -0.417. The van der Waals surface area contributed by atoms with Crippen molar-refractivity contribution >= 4 is 15.9 Å². The number of hydrogen-bond donors (Lipinski definition) is 1. The van der Waals surface area contributed by atoms with Gasteiger partial charge in [-0.3, -0.25) is 0 Å². The molecule has 2 atom stereocenters. The molecule has 0 saturated carbocycles. The standard InChI is InChI=1S/C15H22BrFO2/c1-5-19-14(15(2,3)4)13(18)9-10-6-7-12(17)11(16)8-10/h6-8,13-14,18H,5,9H2,1-4H3. The number of halogens is 2. The van der Waals surface area contributed by atoms with E-state index in [0.717, 1.165) is 5.56 Å². The highest BCUT2D eigenvalue weighted by Gasteiger charge is 2.31. The number of aliphatic hydroxyl groups is 1. The van der Waals surface area contributed by atoms with E-state index in [0.29, 0.717) is 17.5 Å². The van der Waals surface area contributed by atoms with Crippen molar-refractivity contribution in [2.24, 2.45) is 5.41 Å². The number of rotatable bonds is 5. The van der Waals surface area contributed by atoms with Crippen molar-refractivity contribution in [3.05, 3.63) is 34.1 Å². The van der Waals surface area contributed by atoms with Crippen LogP contribution in [-0.2, 0) is 11.2 Å². The van der Waals surface area contributed by atoms with Crippen molar-refractivity contribution < 1.29 is 14.2 Å². The van der Waals surface area contributed by atoms with Crippen LogP contribution in [0.2, 0.25) is 0 Å². The van der Waals surface area contributed by atoms with Gasteiger partial charge in [-0.2, -0.15) is 0 Å². The average Bonchev–Trinajstić information content (AvgIpc) is 2.29. The summed E-state index contributed by atoms with van der Waals surface area (Å²) >= 11 is 3.16. The summed E-state index contributed by atoms with van der Waals surface area (Å²) in [5, 5.41) is 10.4. The number of benzene rings is 1. The summed E-state index contributed by atoms with van der Waals surface area (Å²) in [6.45, 7) is 8.59. The van der Waals surface area contributed by atoms with Crippen molar-refractivity contribution in [3.63, 3.8) is 0 Å². The van der Waals surface area contributed by atoms with Gasteiger partial charge in [-0.25, -0.2) is 4.39 Å². The van der Waals surface area contributed by atoms with Crippen LogP contribution in [0.25, 0.3) is 0 Å². The van der Waals surface area contributed by atoms with E-state index >= 15 is 0 Å². The number of hydrogen-bond acceptors (Lipinski definition) is 2. The lowest BCUT2D eigenvalue weighted by Gasteiger charge is -2.34. The summed E-state index contributed by atoms with van der Waals surface area (Å²) in [6, 6.07) is 4.79. The van der Waals surface area contributed by atoms with Gasteiger partial charge in [0.05, 0.1) is 16.7 Å². The van der Waals surface area contributed by atoms with Gasteiger partial charge in [-0.15, -0.1) is 0 Å². The molecule has 1 N–H and O–H groups in total. The van der Waals surface area contributed by atoms with Crippen LogP contribution < -0.4 is 0 Å². The van der Waals surface area contributed by atoms with E-state index in [1.54, 1.807) is 12.1 Å². The van der Waals surface area contributed by atoms with E-state index in [1.165, 1.54) is 6.07 Å². The molecule has 0 heterocycles. The molecule has 19 heavy (non-hydrogen) atoms. The van der Waals surface area contributed by atoms with Crippen LogP contribution in [-0.4, -0.2) is 23.9 Å². The third-order valence-corrected chi connectivity index (χ3v) is 3.59. The lowest BCUT2D eigenvalue weighted by Crippen LogP contribution is -2.41. The Hall–Kier alpha value is -0.450. The molecule has 1 aromatic carbocycles. The monoisotopic (exact) mass is 332 g/mol. The second kappa shape index (κ2) is 6.82. The normalized spacial score (nSPS) is 15.3. The third-order valence-electron chi connectivity index (χ3n) is 2.98. The molecule has 0 aromatic heterocycles. The van der Waals surface area contributed by atoms with Crippen LogP contribution in [0.5, 0.6) is 0 Å². The van der Waals surface area contributed by atoms with Gasteiger partial charge in [0, 0.05) is 13.0 Å². The summed E-state index contributed by atoms with van der Waals surface area (Å²) < 4.78 is 19.2. The SMILES string of the molecule is CCOC(C(O)Cc1ccc(F)c(Br)c1)C(C)(C)C. The first-order valence-corrected chi connectivity index (χ1v) is 7.28. The zero-order valence-corrected chi connectivity index (χ0v) is 13.5. The molecule has 2 nitrogen and oxygen atoms in total. The molecule has 108 valence electrons. The Morgan fingerprint density at radius 2 is 2.00 bits per heavy atom. The fourth-order valence-electron chi connectivity index (χ4n) is 2.13. The zero-order valence-electron chi connectivity index (χ0n) is 11.9. The highest BCUT2D eigenvalue weighted by molar-refractivity contribution is 9.10. The summed E-state index contributed by atoms with van der Waals surface area (Å²) in [5.74, 6) is -0.296. The summed E-state index contributed by atoms with van der Waals surface area (Å²) in [5.41, 5.74) is 0.738. The van der Waals surface area contributed by atoms with E-state index in [1.807, 2.05) is 27.7 Å². The minimum Gasteiger partial charge on any atom is -0.390 e. The van der Waals surface area contributed by atoms with E-state index in [9.17, 15) is 9.50 Å². The van der Waals surface area contributed by atoms with Crippen LogP contribution in [0.15, 0.2) is 22.7 Å². The predicted octanol–water partition coefficient (Wildman–Crippen LogP) is 3.94. The third kappa shape index (κ3) is 4.86. The second-order valence-electron chi connectivity index (χ2n) is 5.76. The average molecular weight is 333 g/mol. The molecule has 4 heteroatoms. The first-order chi connectivity index (χ1) is 8.75. The minimum absolute atomic E-state index is 0.146. The van der Waals surface area contributed by atoms with Crippen molar-refractivity contribution in [2.75, 3.05) is 6.61 Å². The Balaban J connectivity index is 2.81. The summed E-state index contributed by atoms with van der Waals surface area (Å²) in [4.78, 5) is 0. The first-order valence-electron chi connectivity index (χ1n) is 6.49. The highest BCUT2D eigenvalue weighted by atomic mass is 79.9. The maximum atomic E-state index is 13.2. The maximum absolute atomic E-state index is 13.2. The molecular weight excluding hydrogens is 311 g/mol. The molecule has 0 spiro atoms. The zero-order chi connectivity index (χ0) is 14.6. The Morgan fingerprint density at radius 1 is 1.37 bits per heavy atom. The second-order valence-corrected chi connectivity index (χ2v) is 6.62. The molecular formula is C15H22BrFO2. The van der Waals surface area contributed by atoms with Crippen molar-refractivity contribution in [1.29, 1.82) is 0 Å². The lowest BCUT2D eigenvalue weighted by molar-refractivity contribution is -0.0873. The fraction of sp³-hybridized carbons (Fsp3) is 0.600. The van der Waals surface area contributed by atoms with Gasteiger partial charge < -0.3 is 9.84 Å². The number of ether oxygens (including phenoxy) is 1. The van der Waals surface area contributed by atoms with Crippen molar-refractivity contribution in [1.82, 2.24) is 0 Å². The Labute approximate surface area is 123 Å². The van der Waals surface area contributed by atoms with Gasteiger partial charge in [-0.05, 0) is 46.0 Å². The Morgan fingerprint density at radius 3 is 2.47 bits per heavy atom. The van der Waals surface area contributed by atoms with Crippen LogP contribution in [0, 0.1) is 11.2 Å². The molecule has 0 aliphatic rings. The molecule has 0 radical (unpaired) electrons. The Bertz CT molecular complexity index is 415. The molecule has 0 aliphatic carbocycles. The van der Waals surface area contributed by atoms with Gasteiger partial charge in [-0.1, -0.05) is 26.8 Å². The van der Waals surface area contributed by atoms with Crippen LogP contribution in [0.1, 0.15) is 33.3 Å². The molecule has 0 bridgehead atoms. The van der Waals surface area contributed by atoms with E-state index < -0.39 is 6.10 Å². The van der Waals surface area contributed by atoms with Gasteiger partial charge in [0.1, 0.15) is 5.82 Å². The van der Waals surface area contributed by atoms with Crippen LogP contribution >= 0.6 is 15.9 Å². The van der Waals surface area contributed by atoms with E-state index in [4.69, 9.17) is 4.74 Å². The lowest BCUT2D eigenvalue weighted by atomic mass is 9.83. The van der Waals surface area contributed by atoms with Crippen LogP contribution in [0.4, 0.5) is 4.39 Å². The van der Waals surface area contributed by atoms with E-state index in [2.05, 4.69) is 15.9 Å². The number of aliphatic hydroxyl groups excluding tert-OH is 1. The molecule has 1 rings (SSSR count). The van der Waals surface area contributed by atoms with Crippen LogP contribution in [0.3, 0.4) is 0 Å². The molecule has 1 aromatic rings. The first kappa shape index (κ1) is 16.6. The van der Waals surface area contributed by atoms with Gasteiger partial charge in [0.25, 0.3) is 0 Å². The molecule has 0 amide bonds. The van der Waals surface area contributed by atoms with E-state index in [-0.39, 0.29) is 17.3 Å². The summed E-state index contributed by atoms with van der Waals surface area (Å²) in [7, 11) is 0. The highest BCUT2D eigenvalue weighted by Crippen LogP contribution is 2.27.